The molecule has 1 unspecified atom stereocenters. The molecule has 31 heavy (non-hydrogen) atoms. The molecule has 7 nitrogen and oxygen atoms in total. The van der Waals surface area contributed by atoms with Crippen LogP contribution < -0.4 is 21.1 Å². The fourth-order valence-corrected chi connectivity index (χ4v) is 3.50. The van der Waals surface area contributed by atoms with Crippen molar-refractivity contribution in [2.75, 3.05) is 11.9 Å². The van der Waals surface area contributed by atoms with Gasteiger partial charge >= 0.3 is 0 Å². The molecule has 0 saturated heterocycles. The summed E-state index contributed by atoms with van der Waals surface area (Å²) in [4.78, 5) is 16.2. The van der Waals surface area contributed by atoms with Crippen LogP contribution in [0, 0.1) is 5.82 Å². The molecule has 2 aromatic rings. The van der Waals surface area contributed by atoms with E-state index in [9.17, 15) is 14.3 Å². The summed E-state index contributed by atoms with van der Waals surface area (Å²) in [5, 5.41) is 15.6. The van der Waals surface area contributed by atoms with Gasteiger partial charge in [0, 0.05) is 17.7 Å². The van der Waals surface area contributed by atoms with Gasteiger partial charge in [-0.15, -0.1) is 0 Å². The maximum absolute atomic E-state index is 13.1. The molecule has 0 aromatic heterocycles. The van der Waals surface area contributed by atoms with Crippen LogP contribution in [0.15, 0.2) is 77.0 Å². The second kappa shape index (κ2) is 9.11. The minimum atomic E-state index is -0.913. The summed E-state index contributed by atoms with van der Waals surface area (Å²) in [5.74, 6) is 0.404. The summed E-state index contributed by atoms with van der Waals surface area (Å²) in [6.45, 7) is -0.421. The van der Waals surface area contributed by atoms with Gasteiger partial charge in [0.15, 0.2) is 6.29 Å². The molecule has 0 bridgehead atoms. The number of benzene rings is 2. The Labute approximate surface area is 179 Å². The van der Waals surface area contributed by atoms with Crippen LogP contribution >= 0.6 is 0 Å². The van der Waals surface area contributed by atoms with E-state index >= 15 is 0 Å². The largest absolute Gasteiger partial charge is 0.462 e. The van der Waals surface area contributed by atoms with Gasteiger partial charge in [-0.25, -0.2) is 9.38 Å². The molecular weight excluding hydrogens is 399 g/mol. The zero-order chi connectivity index (χ0) is 21.8. The fourth-order valence-electron chi connectivity index (χ4n) is 3.50. The lowest BCUT2D eigenvalue weighted by atomic mass is 9.93. The van der Waals surface area contributed by atoms with Crippen LogP contribution in [0.1, 0.15) is 18.4 Å². The Morgan fingerprint density at radius 1 is 1.23 bits per heavy atom. The smallest absolute Gasteiger partial charge is 0.237 e. The number of aliphatic hydroxyl groups is 1. The monoisotopic (exact) mass is 422 g/mol. The number of allylic oxidation sites excluding steroid dienone is 4. The molecule has 1 heterocycles. The van der Waals surface area contributed by atoms with Gasteiger partial charge in [0.05, 0.1) is 12.3 Å². The number of halogens is 1. The first-order valence-corrected chi connectivity index (χ1v) is 9.97. The van der Waals surface area contributed by atoms with E-state index in [0.29, 0.717) is 18.6 Å². The first-order valence-electron chi connectivity index (χ1n) is 9.97. The second-order valence-electron chi connectivity index (χ2n) is 7.26. The number of aliphatic imine (C=N–C) groups is 1. The van der Waals surface area contributed by atoms with Gasteiger partial charge in [-0.05, 0) is 48.4 Å². The minimum absolute atomic E-state index is 0.308. The summed E-state index contributed by atoms with van der Waals surface area (Å²) >= 11 is 0. The van der Waals surface area contributed by atoms with Crippen LogP contribution in [0.25, 0.3) is 0 Å². The van der Waals surface area contributed by atoms with Gasteiger partial charge < -0.3 is 20.9 Å². The van der Waals surface area contributed by atoms with E-state index in [4.69, 9.17) is 15.5 Å². The van der Waals surface area contributed by atoms with Gasteiger partial charge in [-0.3, -0.25) is 10.1 Å². The molecule has 160 valence electrons. The SMILES string of the molecule is NC(=O)[C@H](CO)NC1N=C(C2=CC=C(Oc3ccc(F)cc3)CC2)c2ccccc2N1. The minimum Gasteiger partial charge on any atom is -0.462 e. The van der Waals surface area contributed by atoms with Crippen molar-refractivity contribution in [3.8, 4) is 5.75 Å². The van der Waals surface area contributed by atoms with E-state index in [1.807, 2.05) is 36.4 Å². The second-order valence-corrected chi connectivity index (χ2v) is 7.26. The van der Waals surface area contributed by atoms with Crippen molar-refractivity contribution < 1.29 is 19.0 Å². The average molecular weight is 422 g/mol. The summed E-state index contributed by atoms with van der Waals surface area (Å²) in [5.41, 5.74) is 8.96. The van der Waals surface area contributed by atoms with Gasteiger partial charge in [0.1, 0.15) is 23.4 Å². The number of anilines is 1. The number of ether oxygens (including phenoxy) is 1. The van der Waals surface area contributed by atoms with E-state index in [1.165, 1.54) is 12.1 Å². The number of nitrogens with zero attached hydrogens (tertiary/aromatic N) is 1. The molecule has 0 radical (unpaired) electrons. The Morgan fingerprint density at radius 2 is 2.00 bits per heavy atom. The molecule has 2 atom stereocenters. The van der Waals surface area contributed by atoms with Crippen LogP contribution in [-0.2, 0) is 4.79 Å². The molecule has 2 aliphatic rings. The highest BCUT2D eigenvalue weighted by Crippen LogP contribution is 2.30. The van der Waals surface area contributed by atoms with Crippen molar-refractivity contribution in [2.24, 2.45) is 10.7 Å². The highest BCUT2D eigenvalue weighted by molar-refractivity contribution is 6.16. The number of rotatable bonds is 7. The van der Waals surface area contributed by atoms with Gasteiger partial charge in [0.25, 0.3) is 0 Å². The van der Waals surface area contributed by atoms with Crippen LogP contribution in [0.5, 0.6) is 5.75 Å². The quantitative estimate of drug-likeness (QED) is 0.548. The number of hydrogen-bond acceptors (Lipinski definition) is 6. The number of amides is 1. The number of carbonyl (C=O) groups excluding carboxylic acids is 1. The third kappa shape index (κ3) is 4.82. The van der Waals surface area contributed by atoms with Crippen molar-refractivity contribution in [1.29, 1.82) is 0 Å². The van der Waals surface area contributed by atoms with Gasteiger partial charge in [0.2, 0.25) is 5.91 Å². The fraction of sp³-hybridized carbons (Fsp3) is 0.217. The summed E-state index contributed by atoms with van der Waals surface area (Å²) in [6.07, 6.45) is 4.59. The van der Waals surface area contributed by atoms with Crippen LogP contribution in [0.2, 0.25) is 0 Å². The van der Waals surface area contributed by atoms with E-state index in [0.717, 1.165) is 28.3 Å². The maximum atomic E-state index is 13.1. The predicted octanol–water partition coefficient (Wildman–Crippen LogP) is 2.44. The van der Waals surface area contributed by atoms with Crippen molar-refractivity contribution >= 4 is 17.3 Å². The van der Waals surface area contributed by atoms with E-state index in [2.05, 4.69) is 10.6 Å². The van der Waals surface area contributed by atoms with Crippen LogP contribution in [0.3, 0.4) is 0 Å². The van der Waals surface area contributed by atoms with Crippen molar-refractivity contribution in [3.63, 3.8) is 0 Å². The molecule has 0 fully saturated rings. The number of aliphatic hydroxyl groups excluding tert-OH is 1. The normalized spacial score (nSPS) is 18.6. The van der Waals surface area contributed by atoms with E-state index < -0.39 is 24.8 Å². The third-order valence-electron chi connectivity index (χ3n) is 5.10. The number of fused-ring (bicyclic) bond motifs is 1. The van der Waals surface area contributed by atoms with Crippen LogP contribution in [0.4, 0.5) is 10.1 Å². The number of hydrogen-bond donors (Lipinski definition) is 4. The molecule has 1 aliphatic heterocycles. The lowest BCUT2D eigenvalue weighted by Crippen LogP contribution is -2.51. The standard InChI is InChI=1S/C23H23FN4O3/c24-15-7-11-17(12-8-15)31-16-9-5-14(6-10-16)21-18-3-1-2-4-19(18)26-23(28-21)27-20(13-29)22(25)30/h1-5,7-9,11-12,20,23,26-27,29H,6,10,13H2,(H2,25,30)/t20-,23?/m0/s1. The van der Waals surface area contributed by atoms with Gasteiger partial charge in [-0.2, -0.15) is 0 Å². The maximum Gasteiger partial charge on any atom is 0.237 e. The molecule has 8 heteroatoms. The Kier molecular flexibility index (Phi) is 6.11. The molecule has 5 N–H and O–H groups in total. The zero-order valence-corrected chi connectivity index (χ0v) is 16.7. The number of nitrogens with two attached hydrogens (primary N) is 1. The Balaban J connectivity index is 1.58. The number of primary amides is 1. The predicted molar refractivity (Wildman–Crippen MR) is 116 cm³/mol. The average Bonchev–Trinajstić information content (AvgIpc) is 2.79. The van der Waals surface area contributed by atoms with Crippen molar-refractivity contribution in [3.05, 3.63) is 83.4 Å². The van der Waals surface area contributed by atoms with E-state index in [-0.39, 0.29) is 5.82 Å². The summed E-state index contributed by atoms with van der Waals surface area (Å²) < 4.78 is 18.9. The Hall–Kier alpha value is -3.49. The van der Waals surface area contributed by atoms with Gasteiger partial charge in [-0.1, -0.05) is 24.3 Å². The molecule has 2 aromatic carbocycles. The molecule has 0 spiro atoms. The number of carbonyl (C=O) groups is 1. The lowest BCUT2D eigenvalue weighted by molar-refractivity contribution is -0.121. The van der Waals surface area contributed by atoms with E-state index in [1.54, 1.807) is 12.1 Å². The topological polar surface area (TPSA) is 109 Å². The Morgan fingerprint density at radius 3 is 2.68 bits per heavy atom. The summed E-state index contributed by atoms with van der Waals surface area (Å²) in [6, 6.07) is 12.7. The number of para-hydroxylation sites is 1. The summed E-state index contributed by atoms with van der Waals surface area (Å²) in [7, 11) is 0. The zero-order valence-electron chi connectivity index (χ0n) is 16.7. The highest BCUT2D eigenvalue weighted by Gasteiger charge is 2.26. The molecule has 1 amide bonds. The Bertz CT molecular complexity index is 1060. The molecule has 4 rings (SSSR count). The number of nitrogens with one attached hydrogen (secondary N) is 2. The van der Waals surface area contributed by atoms with Crippen molar-refractivity contribution in [2.45, 2.75) is 25.2 Å². The van der Waals surface area contributed by atoms with Crippen LogP contribution in [-0.4, -0.2) is 35.7 Å². The molecule has 0 saturated carbocycles. The first-order chi connectivity index (χ1) is 15.0. The highest BCUT2D eigenvalue weighted by atomic mass is 19.1. The molecule has 1 aliphatic carbocycles. The first kappa shape index (κ1) is 20.8. The molecular formula is C23H23FN4O3. The van der Waals surface area contributed by atoms with Crippen molar-refractivity contribution in [1.82, 2.24) is 5.32 Å². The third-order valence-corrected chi connectivity index (χ3v) is 5.10. The lowest BCUT2D eigenvalue weighted by Gasteiger charge is -2.29.